The van der Waals surface area contributed by atoms with E-state index in [0.717, 1.165) is 37.1 Å². The van der Waals surface area contributed by atoms with Crippen LogP contribution in [-0.4, -0.2) is 57.7 Å². The predicted molar refractivity (Wildman–Crippen MR) is 142 cm³/mol. The Balaban J connectivity index is 0.973. The molecule has 5 fully saturated rings. The number of fused-ring (bicyclic) bond motifs is 3. The van der Waals surface area contributed by atoms with Gasteiger partial charge in [0.25, 0.3) is 5.91 Å². The summed E-state index contributed by atoms with van der Waals surface area (Å²) in [6.07, 6.45) is 10.3. The minimum atomic E-state index is -0.0571. The molecular formula is C30H39N5O3. The van der Waals surface area contributed by atoms with E-state index in [1.54, 1.807) is 0 Å². The Hall–Kier alpha value is -2.90. The molecule has 2 aromatic rings. The number of pyridine rings is 1. The summed E-state index contributed by atoms with van der Waals surface area (Å²) in [5.74, 6) is 2.84. The van der Waals surface area contributed by atoms with Gasteiger partial charge in [-0.1, -0.05) is 19.9 Å². The molecule has 2 N–H and O–H groups in total. The molecule has 0 radical (unpaired) electrons. The number of hydrogen-bond acceptors (Lipinski definition) is 4. The second-order valence-corrected chi connectivity index (χ2v) is 13.4. The van der Waals surface area contributed by atoms with E-state index in [0.29, 0.717) is 41.0 Å². The largest absolute Gasteiger partial charge is 0.353 e. The van der Waals surface area contributed by atoms with Gasteiger partial charge in [-0.15, -0.1) is 0 Å². The highest BCUT2D eigenvalue weighted by molar-refractivity contribution is 5.93. The quantitative estimate of drug-likeness (QED) is 0.590. The van der Waals surface area contributed by atoms with E-state index in [4.69, 9.17) is 0 Å². The first-order valence-electron chi connectivity index (χ1n) is 14.6. The zero-order chi connectivity index (χ0) is 26.2. The molecule has 7 rings (SSSR count). The number of nitrogens with one attached hydrogen (secondary N) is 2. The lowest BCUT2D eigenvalue weighted by Crippen LogP contribution is -2.47. The Morgan fingerprint density at radius 3 is 2.74 bits per heavy atom. The fourth-order valence-corrected chi connectivity index (χ4v) is 8.46. The van der Waals surface area contributed by atoms with Crippen LogP contribution in [0.5, 0.6) is 0 Å². The minimum absolute atomic E-state index is 0.0329. The van der Waals surface area contributed by atoms with Crippen molar-refractivity contribution >= 4 is 23.4 Å². The van der Waals surface area contributed by atoms with Gasteiger partial charge in [0.05, 0.1) is 12.1 Å². The molecule has 38 heavy (non-hydrogen) atoms. The number of likely N-dealkylation sites (tertiary alicyclic amines) is 1. The van der Waals surface area contributed by atoms with Gasteiger partial charge >= 0.3 is 0 Å². The molecule has 8 heteroatoms. The van der Waals surface area contributed by atoms with Crippen LogP contribution >= 0.6 is 0 Å². The van der Waals surface area contributed by atoms with E-state index in [9.17, 15) is 14.4 Å². The highest BCUT2D eigenvalue weighted by Crippen LogP contribution is 2.83. The van der Waals surface area contributed by atoms with Gasteiger partial charge in [0, 0.05) is 37.8 Å². The number of amides is 3. The van der Waals surface area contributed by atoms with Crippen LogP contribution in [0.25, 0.3) is 5.65 Å². The van der Waals surface area contributed by atoms with Gasteiger partial charge < -0.3 is 15.5 Å². The number of piperidine rings is 1. The zero-order valence-corrected chi connectivity index (χ0v) is 22.5. The molecular weight excluding hydrogens is 478 g/mol. The van der Waals surface area contributed by atoms with Crippen molar-refractivity contribution in [1.29, 1.82) is 0 Å². The van der Waals surface area contributed by atoms with E-state index >= 15 is 0 Å². The van der Waals surface area contributed by atoms with Gasteiger partial charge in [-0.3, -0.25) is 18.8 Å². The number of rotatable bonds is 7. The lowest BCUT2D eigenvalue weighted by atomic mass is 9.71. The zero-order valence-electron chi connectivity index (χ0n) is 22.5. The molecule has 4 unspecified atom stereocenters. The van der Waals surface area contributed by atoms with Crippen molar-refractivity contribution in [2.75, 3.05) is 19.6 Å². The number of carbonyl (C=O) groups is 3. The average Bonchev–Trinajstić information content (AvgIpc) is 3.74. The van der Waals surface area contributed by atoms with Crippen molar-refractivity contribution in [3.05, 3.63) is 35.8 Å². The summed E-state index contributed by atoms with van der Waals surface area (Å²) >= 11 is 0. The van der Waals surface area contributed by atoms with Crippen LogP contribution in [0.4, 0.5) is 0 Å². The summed E-state index contributed by atoms with van der Waals surface area (Å²) in [5.41, 5.74) is 2.89. The molecule has 1 aliphatic heterocycles. The van der Waals surface area contributed by atoms with Gasteiger partial charge in [0.2, 0.25) is 11.8 Å². The molecule has 2 bridgehead atoms. The highest BCUT2D eigenvalue weighted by atomic mass is 16.2. The van der Waals surface area contributed by atoms with Crippen LogP contribution in [0.1, 0.15) is 75.0 Å². The fraction of sp³-hybridized carbons (Fsp3) is 0.667. The molecule has 5 aliphatic rings. The van der Waals surface area contributed by atoms with Crippen molar-refractivity contribution < 1.29 is 14.4 Å². The molecule has 3 heterocycles. The van der Waals surface area contributed by atoms with E-state index in [2.05, 4.69) is 15.6 Å². The van der Waals surface area contributed by atoms with Crippen molar-refractivity contribution in [1.82, 2.24) is 24.9 Å². The van der Waals surface area contributed by atoms with Crippen LogP contribution < -0.4 is 10.6 Å². The monoisotopic (exact) mass is 517 g/mol. The maximum absolute atomic E-state index is 13.3. The molecule has 202 valence electrons. The molecule has 8 nitrogen and oxygen atoms in total. The van der Waals surface area contributed by atoms with Gasteiger partial charge in [0.1, 0.15) is 11.3 Å². The van der Waals surface area contributed by atoms with Crippen molar-refractivity contribution in [2.45, 2.75) is 71.3 Å². The summed E-state index contributed by atoms with van der Waals surface area (Å²) in [4.78, 5) is 44.8. The predicted octanol–water partition coefficient (Wildman–Crippen LogP) is 3.20. The lowest BCUT2D eigenvalue weighted by molar-refractivity contribution is -0.131. The molecule has 1 saturated heterocycles. The van der Waals surface area contributed by atoms with E-state index in [-0.39, 0.29) is 36.1 Å². The van der Waals surface area contributed by atoms with Crippen LogP contribution in [0, 0.1) is 34.5 Å². The summed E-state index contributed by atoms with van der Waals surface area (Å²) in [6, 6.07) is 5.72. The van der Waals surface area contributed by atoms with Crippen LogP contribution in [-0.2, 0) is 16.0 Å². The fourth-order valence-electron chi connectivity index (χ4n) is 8.46. The average molecular weight is 518 g/mol. The Bertz CT molecular complexity index is 1310. The van der Waals surface area contributed by atoms with Crippen LogP contribution in [0.3, 0.4) is 0 Å². The number of hydrogen-bond donors (Lipinski definition) is 2. The normalized spacial score (nSPS) is 33.1. The SMILES string of the molecule is CC(C)C(=O)NC1CCN(C(=O)Cc2cn3c(C(=O)NCC45CC6C[C@@H]6C6(CC6C4)C5)cccc3n2)CC1. The second-order valence-electron chi connectivity index (χ2n) is 13.4. The summed E-state index contributed by atoms with van der Waals surface area (Å²) in [7, 11) is 0. The number of imidazole rings is 1. The smallest absolute Gasteiger partial charge is 0.268 e. The first-order valence-corrected chi connectivity index (χ1v) is 14.6. The van der Waals surface area contributed by atoms with Crippen molar-refractivity contribution in [3.8, 4) is 0 Å². The summed E-state index contributed by atoms with van der Waals surface area (Å²) in [6.45, 7) is 5.82. The van der Waals surface area contributed by atoms with E-state index < -0.39 is 0 Å². The van der Waals surface area contributed by atoms with Crippen molar-refractivity contribution in [2.24, 2.45) is 34.5 Å². The topological polar surface area (TPSA) is 95.8 Å². The Morgan fingerprint density at radius 1 is 1.13 bits per heavy atom. The Kier molecular flexibility index (Phi) is 5.44. The summed E-state index contributed by atoms with van der Waals surface area (Å²) < 4.78 is 1.83. The Labute approximate surface area is 223 Å². The van der Waals surface area contributed by atoms with Crippen LogP contribution in [0.2, 0.25) is 0 Å². The van der Waals surface area contributed by atoms with E-state index in [1.165, 1.54) is 32.1 Å². The third-order valence-corrected chi connectivity index (χ3v) is 10.5. The minimum Gasteiger partial charge on any atom is -0.353 e. The highest BCUT2D eigenvalue weighted by Gasteiger charge is 2.76. The molecule has 5 atom stereocenters. The number of carbonyl (C=O) groups excluding carboxylic acids is 3. The van der Waals surface area contributed by atoms with Crippen molar-refractivity contribution in [3.63, 3.8) is 0 Å². The first-order chi connectivity index (χ1) is 18.3. The Morgan fingerprint density at radius 2 is 1.95 bits per heavy atom. The summed E-state index contributed by atoms with van der Waals surface area (Å²) in [5, 5.41) is 6.37. The maximum Gasteiger partial charge on any atom is 0.268 e. The third kappa shape index (κ3) is 4.02. The van der Waals surface area contributed by atoms with E-state index in [1.807, 2.05) is 47.5 Å². The molecule has 0 aromatic carbocycles. The molecule has 1 spiro atoms. The molecule has 2 aromatic heterocycles. The van der Waals surface area contributed by atoms with Gasteiger partial charge in [-0.05, 0) is 85.7 Å². The number of aromatic nitrogens is 2. The second kappa shape index (κ2) is 8.55. The molecule has 4 saturated carbocycles. The maximum atomic E-state index is 13.3. The van der Waals surface area contributed by atoms with Crippen LogP contribution in [0.15, 0.2) is 24.4 Å². The lowest BCUT2D eigenvalue weighted by Gasteiger charge is -2.36. The van der Waals surface area contributed by atoms with Gasteiger partial charge in [0.15, 0.2) is 0 Å². The number of nitrogens with zero attached hydrogens (tertiary/aromatic N) is 3. The van der Waals surface area contributed by atoms with Gasteiger partial charge in [-0.2, -0.15) is 0 Å². The molecule has 4 aliphatic carbocycles. The third-order valence-electron chi connectivity index (χ3n) is 10.5. The first kappa shape index (κ1) is 24.2. The van der Waals surface area contributed by atoms with Gasteiger partial charge in [-0.25, -0.2) is 4.98 Å². The molecule has 3 amide bonds. The standard InChI is InChI=1S/C30H39N5O3/c1-18(2)27(37)33-21-6-8-34(9-7-21)26(36)11-22-15-35-24(4-3-5-25(35)32-22)28(38)31-17-29-12-19-10-23(19)30(16-29)14-20(30)13-29/h3-5,15,18-21,23H,6-14,16-17H2,1-2H3,(H,31,38)(H,33,37)/t19?,20?,23-,29?,30?/m0/s1.